The molecule has 1 atom stereocenters. The van der Waals surface area contributed by atoms with E-state index in [1.54, 1.807) is 0 Å². The lowest BCUT2D eigenvalue weighted by atomic mass is 10.00. The molecule has 5 nitrogen and oxygen atoms in total. The molecule has 0 bridgehead atoms. The fourth-order valence-corrected chi connectivity index (χ4v) is 3.59. The molecule has 0 radical (unpaired) electrons. The van der Waals surface area contributed by atoms with Crippen molar-refractivity contribution >= 4 is 27.5 Å². The van der Waals surface area contributed by atoms with Gasteiger partial charge in [0.25, 0.3) is 5.56 Å². The Morgan fingerprint density at radius 3 is 2.76 bits per heavy atom. The van der Waals surface area contributed by atoms with Gasteiger partial charge in [-0.15, -0.1) is 0 Å². The van der Waals surface area contributed by atoms with Crippen molar-refractivity contribution in [3.05, 3.63) is 53.1 Å². The smallest absolute Gasteiger partial charge is 0.261 e. The first-order valence-electron chi connectivity index (χ1n) is 8.84. The van der Waals surface area contributed by atoms with Crippen LogP contribution in [0.5, 0.6) is 0 Å². The topological polar surface area (TPSA) is 64.0 Å². The van der Waals surface area contributed by atoms with E-state index < -0.39 is 0 Å². The third kappa shape index (κ3) is 3.33. The van der Waals surface area contributed by atoms with Crippen molar-refractivity contribution in [1.29, 1.82) is 0 Å². The van der Waals surface area contributed by atoms with Crippen molar-refractivity contribution < 1.29 is 4.79 Å². The highest BCUT2D eigenvalue weighted by Crippen LogP contribution is 2.19. The Kier molecular flexibility index (Phi) is 4.32. The van der Waals surface area contributed by atoms with Crippen LogP contribution < -0.4 is 10.9 Å². The summed E-state index contributed by atoms with van der Waals surface area (Å²) >= 11 is 0. The van der Waals surface area contributed by atoms with Gasteiger partial charge in [-0.3, -0.25) is 14.2 Å². The van der Waals surface area contributed by atoms with Crippen LogP contribution in [0.25, 0.3) is 21.7 Å². The average Bonchev–Trinajstić information content (AvgIpc) is 2.64. The van der Waals surface area contributed by atoms with E-state index in [9.17, 15) is 9.59 Å². The summed E-state index contributed by atoms with van der Waals surface area (Å²) in [4.78, 5) is 29.5. The van der Waals surface area contributed by atoms with Crippen LogP contribution >= 0.6 is 0 Å². The fourth-order valence-electron chi connectivity index (χ4n) is 3.59. The van der Waals surface area contributed by atoms with E-state index in [-0.39, 0.29) is 23.9 Å². The largest absolute Gasteiger partial charge is 0.314 e. The lowest BCUT2D eigenvalue weighted by Gasteiger charge is -2.22. The zero-order valence-electron chi connectivity index (χ0n) is 14.1. The van der Waals surface area contributed by atoms with E-state index in [4.69, 9.17) is 0 Å². The standard InChI is InChI=1S/C20H21N3O2/c24-17(11-16-7-3-4-8-21-16)12-23-13-22-19-10-15-6-2-1-5-14(15)9-18(19)20(23)25/h1-2,5-6,9-10,13,16,21H,3-4,7-8,11-12H2/t16-/m0/s1. The van der Waals surface area contributed by atoms with Crippen molar-refractivity contribution in [3.63, 3.8) is 0 Å². The zero-order chi connectivity index (χ0) is 17.2. The van der Waals surface area contributed by atoms with Crippen molar-refractivity contribution in [2.75, 3.05) is 6.54 Å². The highest BCUT2D eigenvalue weighted by molar-refractivity contribution is 5.96. The second-order valence-corrected chi connectivity index (χ2v) is 6.78. The molecule has 4 rings (SSSR count). The quantitative estimate of drug-likeness (QED) is 0.745. The molecule has 128 valence electrons. The second kappa shape index (κ2) is 6.76. The molecular formula is C20H21N3O2. The van der Waals surface area contributed by atoms with Crippen molar-refractivity contribution in [2.24, 2.45) is 0 Å². The normalized spacial score (nSPS) is 17.8. The number of aromatic nitrogens is 2. The Labute approximate surface area is 145 Å². The van der Waals surface area contributed by atoms with Crippen LogP contribution in [0.4, 0.5) is 0 Å². The molecule has 2 aromatic carbocycles. The monoisotopic (exact) mass is 335 g/mol. The number of nitrogens with one attached hydrogen (secondary N) is 1. The Hall–Kier alpha value is -2.53. The summed E-state index contributed by atoms with van der Waals surface area (Å²) in [5.74, 6) is 0.0726. The van der Waals surface area contributed by atoms with Gasteiger partial charge in [-0.05, 0) is 42.3 Å². The number of fused-ring (bicyclic) bond motifs is 2. The maximum atomic E-state index is 12.8. The first-order valence-corrected chi connectivity index (χ1v) is 8.84. The average molecular weight is 335 g/mol. The summed E-state index contributed by atoms with van der Waals surface area (Å²) in [7, 11) is 0. The number of carbonyl (C=O) groups excluding carboxylic acids is 1. The number of ketones is 1. The summed E-state index contributed by atoms with van der Waals surface area (Å²) in [5, 5.41) is 6.00. The van der Waals surface area contributed by atoms with Crippen molar-refractivity contribution in [2.45, 2.75) is 38.3 Å². The lowest BCUT2D eigenvalue weighted by molar-refractivity contribution is -0.120. The molecule has 1 N–H and O–H groups in total. The van der Waals surface area contributed by atoms with Gasteiger partial charge in [0.2, 0.25) is 0 Å². The maximum Gasteiger partial charge on any atom is 0.261 e. The van der Waals surface area contributed by atoms with Crippen LogP contribution in [0.15, 0.2) is 47.5 Å². The molecule has 0 unspecified atom stereocenters. The summed E-state index contributed by atoms with van der Waals surface area (Å²) in [6.07, 6.45) is 5.33. The SMILES string of the molecule is O=C(C[C@@H]1CCCCN1)Cn1cnc2cc3ccccc3cc2c1=O. The van der Waals surface area contributed by atoms with Crippen LogP contribution in [-0.2, 0) is 11.3 Å². The highest BCUT2D eigenvalue weighted by Gasteiger charge is 2.17. The highest BCUT2D eigenvalue weighted by atomic mass is 16.1. The molecule has 0 amide bonds. The van der Waals surface area contributed by atoms with Crippen molar-refractivity contribution in [1.82, 2.24) is 14.9 Å². The Morgan fingerprint density at radius 2 is 2.00 bits per heavy atom. The van der Waals surface area contributed by atoms with Crippen molar-refractivity contribution in [3.8, 4) is 0 Å². The van der Waals surface area contributed by atoms with Gasteiger partial charge in [0.15, 0.2) is 5.78 Å². The summed E-state index contributed by atoms with van der Waals surface area (Å²) in [6.45, 7) is 1.06. The van der Waals surface area contributed by atoms with Gasteiger partial charge in [-0.2, -0.15) is 0 Å². The molecular weight excluding hydrogens is 314 g/mol. The van der Waals surface area contributed by atoms with E-state index in [1.165, 1.54) is 17.3 Å². The summed E-state index contributed by atoms with van der Waals surface area (Å²) in [5.41, 5.74) is 0.516. The molecule has 25 heavy (non-hydrogen) atoms. The molecule has 3 aromatic rings. The van der Waals surface area contributed by atoms with Gasteiger partial charge >= 0.3 is 0 Å². The third-order valence-corrected chi connectivity index (χ3v) is 4.92. The zero-order valence-corrected chi connectivity index (χ0v) is 14.1. The predicted molar refractivity (Wildman–Crippen MR) is 98.8 cm³/mol. The van der Waals surface area contributed by atoms with Gasteiger partial charge in [-0.25, -0.2) is 4.98 Å². The number of benzene rings is 2. The molecule has 0 spiro atoms. The van der Waals surface area contributed by atoms with E-state index >= 15 is 0 Å². The van der Waals surface area contributed by atoms with E-state index in [1.807, 2.05) is 36.4 Å². The number of hydrogen-bond acceptors (Lipinski definition) is 4. The first kappa shape index (κ1) is 16.0. The molecule has 1 aliphatic rings. The number of piperidine rings is 1. The fraction of sp³-hybridized carbons (Fsp3) is 0.350. The van der Waals surface area contributed by atoms with Crippen LogP contribution in [0, 0.1) is 0 Å². The van der Waals surface area contributed by atoms with E-state index in [0.717, 1.165) is 30.2 Å². The van der Waals surface area contributed by atoms with Crippen LogP contribution in [0.1, 0.15) is 25.7 Å². The number of hydrogen-bond donors (Lipinski definition) is 1. The molecule has 1 saturated heterocycles. The summed E-state index contributed by atoms with van der Waals surface area (Å²) < 4.78 is 1.43. The summed E-state index contributed by atoms with van der Waals surface area (Å²) in [6, 6.07) is 11.9. The minimum absolute atomic E-state index is 0.0726. The van der Waals surface area contributed by atoms with Crippen LogP contribution in [-0.4, -0.2) is 27.9 Å². The second-order valence-electron chi connectivity index (χ2n) is 6.78. The Morgan fingerprint density at radius 1 is 1.20 bits per heavy atom. The van der Waals surface area contributed by atoms with Gasteiger partial charge in [-0.1, -0.05) is 30.7 Å². The minimum Gasteiger partial charge on any atom is -0.314 e. The number of Topliss-reactive ketones (excluding diaryl/α,β-unsaturated/α-hetero) is 1. The molecule has 5 heteroatoms. The van der Waals surface area contributed by atoms with Gasteiger partial charge in [0.1, 0.15) is 0 Å². The van der Waals surface area contributed by atoms with Gasteiger partial charge in [0, 0.05) is 12.5 Å². The molecule has 1 aliphatic heterocycles. The molecule has 1 aromatic heterocycles. The Bertz CT molecular complexity index is 987. The maximum absolute atomic E-state index is 12.8. The minimum atomic E-state index is -0.152. The van der Waals surface area contributed by atoms with Gasteiger partial charge in [0.05, 0.1) is 23.8 Å². The molecule has 1 fully saturated rings. The first-order chi connectivity index (χ1) is 12.2. The van der Waals surface area contributed by atoms with Crippen LogP contribution in [0.2, 0.25) is 0 Å². The van der Waals surface area contributed by atoms with E-state index in [0.29, 0.717) is 17.3 Å². The predicted octanol–water partition coefficient (Wildman–Crippen LogP) is 2.65. The number of carbonyl (C=O) groups is 1. The van der Waals surface area contributed by atoms with Gasteiger partial charge < -0.3 is 5.32 Å². The number of nitrogens with zero attached hydrogens (tertiary/aromatic N) is 2. The van der Waals surface area contributed by atoms with E-state index in [2.05, 4.69) is 10.3 Å². The molecule has 0 aliphatic carbocycles. The lowest BCUT2D eigenvalue weighted by Crippen LogP contribution is -2.37. The molecule has 2 heterocycles. The molecule has 0 saturated carbocycles. The number of rotatable bonds is 4. The Balaban J connectivity index is 1.61. The third-order valence-electron chi connectivity index (χ3n) is 4.92. The van der Waals surface area contributed by atoms with Crippen LogP contribution in [0.3, 0.4) is 0 Å².